The first-order chi connectivity index (χ1) is 29.0. The highest BCUT2D eigenvalue weighted by Gasteiger charge is 2.26. The minimum Gasteiger partial charge on any atom is -0.309 e. The van der Waals surface area contributed by atoms with Gasteiger partial charge in [0.1, 0.15) is 0 Å². The predicted octanol–water partition coefficient (Wildman–Crippen LogP) is 17.5. The van der Waals surface area contributed by atoms with Crippen LogP contribution in [0.2, 0.25) is 5.02 Å². The zero-order valence-corrected chi connectivity index (χ0v) is 35.8. The van der Waals surface area contributed by atoms with Crippen molar-refractivity contribution >= 4 is 77.6 Å². The lowest BCUT2D eigenvalue weighted by Crippen LogP contribution is -2.16. The second kappa shape index (κ2) is 17.4. The van der Waals surface area contributed by atoms with Crippen LogP contribution in [0.4, 0.5) is 34.1 Å². The Kier molecular flexibility index (Phi) is 11.3. The molecule has 0 N–H and O–H groups in total. The third kappa shape index (κ3) is 8.13. The van der Waals surface area contributed by atoms with Crippen LogP contribution >= 0.6 is 43.5 Å². The molecule has 0 aliphatic heterocycles. The van der Waals surface area contributed by atoms with E-state index in [0.717, 1.165) is 87.6 Å². The number of halogens is 3. The maximum atomic E-state index is 7.40. The van der Waals surface area contributed by atoms with Crippen LogP contribution < -0.4 is 9.80 Å². The molecule has 9 aromatic carbocycles. The fourth-order valence-electron chi connectivity index (χ4n) is 7.78. The Morgan fingerprint density at radius 1 is 0.288 bits per heavy atom. The molecule has 2 nitrogen and oxygen atoms in total. The fourth-order valence-corrected chi connectivity index (χ4v) is 8.54. The lowest BCUT2D eigenvalue weighted by atomic mass is 9.93. The van der Waals surface area contributed by atoms with E-state index in [4.69, 9.17) is 11.6 Å². The molecule has 9 rings (SSSR count). The van der Waals surface area contributed by atoms with Crippen molar-refractivity contribution in [1.29, 1.82) is 0 Å². The van der Waals surface area contributed by atoms with Gasteiger partial charge in [0, 0.05) is 59.0 Å². The number of anilines is 6. The Balaban J connectivity index is 1.36. The normalized spacial score (nSPS) is 11.0. The summed E-state index contributed by atoms with van der Waals surface area (Å²) in [7, 11) is 0. The molecule has 0 saturated carbocycles. The molecular weight excluding hydrogens is 872 g/mol. The number of hydrogen-bond acceptors (Lipinski definition) is 2. The molecular formula is C54H37Br2ClN2. The van der Waals surface area contributed by atoms with E-state index in [1.54, 1.807) is 0 Å². The standard InChI is InChI=1S/C54H37Br2ClN2/c55-42-27-31-45(32-28-42)58(53-49(38-15-5-1-6-16-38)23-13-24-50(53)39-17-7-2-8-18-39)47-35-44(57)36-48(37-47)59(46-33-29-43(56)30-34-46)54-51(40-19-9-3-10-20-40)25-14-26-52(54)41-21-11-4-12-22-41/h1-37H. The van der Waals surface area contributed by atoms with Crippen LogP contribution in [0.1, 0.15) is 0 Å². The number of benzene rings is 9. The van der Waals surface area contributed by atoms with Gasteiger partial charge in [-0.05, 0) is 89.0 Å². The molecule has 0 atom stereocenters. The zero-order valence-electron chi connectivity index (χ0n) is 31.9. The molecule has 0 radical (unpaired) electrons. The third-order valence-electron chi connectivity index (χ3n) is 10.4. The molecule has 0 amide bonds. The molecule has 0 spiro atoms. The van der Waals surface area contributed by atoms with Crippen LogP contribution in [0.3, 0.4) is 0 Å². The van der Waals surface area contributed by atoms with Crippen LogP contribution in [0.25, 0.3) is 44.5 Å². The summed E-state index contributed by atoms with van der Waals surface area (Å²) in [6, 6.07) is 79.0. The van der Waals surface area contributed by atoms with Gasteiger partial charge in [0.2, 0.25) is 0 Å². The van der Waals surface area contributed by atoms with E-state index in [1.165, 1.54) is 0 Å². The van der Waals surface area contributed by atoms with Crippen molar-refractivity contribution in [1.82, 2.24) is 0 Å². The van der Waals surface area contributed by atoms with Crippen molar-refractivity contribution in [2.45, 2.75) is 0 Å². The average Bonchev–Trinajstić information content (AvgIpc) is 3.29. The minimum absolute atomic E-state index is 0.610. The number of nitrogens with zero attached hydrogens (tertiary/aromatic N) is 2. The summed E-state index contributed by atoms with van der Waals surface area (Å²) in [6.45, 7) is 0. The molecule has 5 heteroatoms. The van der Waals surface area contributed by atoms with Crippen LogP contribution in [-0.4, -0.2) is 0 Å². The van der Waals surface area contributed by atoms with Gasteiger partial charge in [0.15, 0.2) is 0 Å². The highest BCUT2D eigenvalue weighted by atomic mass is 79.9. The summed E-state index contributed by atoms with van der Waals surface area (Å²) < 4.78 is 2.00. The van der Waals surface area contributed by atoms with E-state index in [1.807, 2.05) is 0 Å². The Hall–Kier alpha value is -6.17. The van der Waals surface area contributed by atoms with Gasteiger partial charge in [0.25, 0.3) is 0 Å². The first-order valence-electron chi connectivity index (χ1n) is 19.4. The van der Waals surface area contributed by atoms with Gasteiger partial charge in [-0.25, -0.2) is 0 Å². The molecule has 0 aromatic heterocycles. The molecule has 0 heterocycles. The lowest BCUT2D eigenvalue weighted by molar-refractivity contribution is 1.25. The number of rotatable bonds is 10. The highest BCUT2D eigenvalue weighted by Crippen LogP contribution is 2.51. The Labute approximate surface area is 367 Å². The van der Waals surface area contributed by atoms with Gasteiger partial charge in [-0.3, -0.25) is 0 Å². The Bertz CT molecular complexity index is 2520. The van der Waals surface area contributed by atoms with Crippen LogP contribution in [0.15, 0.2) is 233 Å². The SMILES string of the molecule is Clc1cc(N(c2ccc(Br)cc2)c2c(-c3ccccc3)cccc2-c2ccccc2)cc(N(c2ccc(Br)cc2)c2c(-c3ccccc3)cccc2-c2ccccc2)c1. The smallest absolute Gasteiger partial charge is 0.0618 e. The topological polar surface area (TPSA) is 6.48 Å². The highest BCUT2D eigenvalue weighted by molar-refractivity contribution is 9.10. The van der Waals surface area contributed by atoms with Gasteiger partial charge in [0.05, 0.1) is 11.4 Å². The van der Waals surface area contributed by atoms with E-state index in [9.17, 15) is 0 Å². The average molecular weight is 909 g/mol. The lowest BCUT2D eigenvalue weighted by Gasteiger charge is -2.33. The Morgan fingerprint density at radius 2 is 0.576 bits per heavy atom. The summed E-state index contributed by atoms with van der Waals surface area (Å²) in [4.78, 5) is 4.71. The molecule has 284 valence electrons. The summed E-state index contributed by atoms with van der Waals surface area (Å²) in [5, 5.41) is 0.610. The summed E-state index contributed by atoms with van der Waals surface area (Å²) in [6.07, 6.45) is 0. The first-order valence-corrected chi connectivity index (χ1v) is 21.4. The second-order valence-corrected chi connectivity index (χ2v) is 16.4. The zero-order chi connectivity index (χ0) is 40.1. The molecule has 0 unspecified atom stereocenters. The quantitative estimate of drug-likeness (QED) is 0.135. The van der Waals surface area contributed by atoms with Crippen LogP contribution in [0.5, 0.6) is 0 Å². The summed E-state index contributed by atoms with van der Waals surface area (Å²) in [5.41, 5.74) is 14.8. The van der Waals surface area contributed by atoms with E-state index >= 15 is 0 Å². The number of hydrogen-bond donors (Lipinski definition) is 0. The van der Waals surface area contributed by atoms with Gasteiger partial charge in [-0.1, -0.05) is 201 Å². The molecule has 0 fully saturated rings. The van der Waals surface area contributed by atoms with Gasteiger partial charge < -0.3 is 9.80 Å². The fraction of sp³-hybridized carbons (Fsp3) is 0. The largest absolute Gasteiger partial charge is 0.309 e. The van der Waals surface area contributed by atoms with E-state index < -0.39 is 0 Å². The van der Waals surface area contributed by atoms with Gasteiger partial charge >= 0.3 is 0 Å². The van der Waals surface area contributed by atoms with Crippen molar-refractivity contribution in [2.24, 2.45) is 0 Å². The molecule has 0 aliphatic rings. The first kappa shape index (κ1) is 38.4. The molecule has 0 saturated heterocycles. The van der Waals surface area contributed by atoms with E-state index in [0.29, 0.717) is 5.02 Å². The molecule has 0 aliphatic carbocycles. The monoisotopic (exact) mass is 906 g/mol. The minimum atomic E-state index is 0.610. The van der Waals surface area contributed by atoms with Crippen molar-refractivity contribution in [3.05, 3.63) is 238 Å². The van der Waals surface area contributed by atoms with Crippen molar-refractivity contribution in [3.8, 4) is 44.5 Å². The van der Waals surface area contributed by atoms with Crippen LogP contribution in [-0.2, 0) is 0 Å². The predicted molar refractivity (Wildman–Crippen MR) is 258 cm³/mol. The summed E-state index contributed by atoms with van der Waals surface area (Å²) in [5.74, 6) is 0. The van der Waals surface area contributed by atoms with Crippen molar-refractivity contribution < 1.29 is 0 Å². The summed E-state index contributed by atoms with van der Waals surface area (Å²) >= 11 is 14.8. The van der Waals surface area contributed by atoms with Crippen molar-refractivity contribution in [2.75, 3.05) is 9.80 Å². The van der Waals surface area contributed by atoms with E-state index in [2.05, 4.69) is 266 Å². The second-order valence-electron chi connectivity index (χ2n) is 14.2. The van der Waals surface area contributed by atoms with Gasteiger partial charge in [-0.15, -0.1) is 0 Å². The third-order valence-corrected chi connectivity index (χ3v) is 11.7. The van der Waals surface area contributed by atoms with Crippen molar-refractivity contribution in [3.63, 3.8) is 0 Å². The van der Waals surface area contributed by atoms with Crippen LogP contribution in [0, 0.1) is 0 Å². The maximum Gasteiger partial charge on any atom is 0.0618 e. The van der Waals surface area contributed by atoms with Gasteiger partial charge in [-0.2, -0.15) is 0 Å². The molecule has 59 heavy (non-hydrogen) atoms. The number of para-hydroxylation sites is 2. The Morgan fingerprint density at radius 3 is 0.864 bits per heavy atom. The molecule has 0 bridgehead atoms. The maximum absolute atomic E-state index is 7.40. The molecule has 9 aromatic rings. The van der Waals surface area contributed by atoms with E-state index in [-0.39, 0.29) is 0 Å².